The predicted molar refractivity (Wildman–Crippen MR) is 172 cm³/mol. The summed E-state index contributed by atoms with van der Waals surface area (Å²) in [6.45, 7) is 0. The molecule has 0 aliphatic heterocycles. The molecule has 8 fully saturated rings. The van der Waals surface area contributed by atoms with E-state index in [4.69, 9.17) is 0 Å². The fraction of sp³-hybridized carbons (Fsp3) is 0.857. The van der Waals surface area contributed by atoms with Crippen LogP contribution in [0.4, 0.5) is 0 Å². The van der Waals surface area contributed by atoms with Gasteiger partial charge >= 0.3 is 17.1 Å². The Morgan fingerprint density at radius 1 is 0.424 bits per heavy atom. The normalized spacial score (nSPS) is 51.3. The van der Waals surface area contributed by atoms with Crippen molar-refractivity contribution in [3.05, 3.63) is 25.7 Å². The third-order valence-electron chi connectivity index (χ3n) is 9.65. The molecule has 0 radical (unpaired) electrons. The Labute approximate surface area is 269 Å². The summed E-state index contributed by atoms with van der Waals surface area (Å²) < 4.78 is 2.62. The molecule has 0 nitrogen and oxygen atoms in total. The minimum atomic E-state index is 0. The third kappa shape index (κ3) is 7.76. The van der Waals surface area contributed by atoms with E-state index in [0.29, 0.717) is 13.7 Å². The molecule has 0 aromatic rings. The second-order valence-corrected chi connectivity index (χ2v) is 20.9. The molecule has 0 aromatic carbocycles. The van der Waals surface area contributed by atoms with E-state index in [-0.39, 0.29) is 17.1 Å². The van der Waals surface area contributed by atoms with Crippen LogP contribution in [0.2, 0.25) is 0 Å². The molecule has 0 saturated heterocycles. The van der Waals surface area contributed by atoms with E-state index in [0.717, 1.165) is 23.7 Å². The molecule has 5 heteroatoms. The van der Waals surface area contributed by atoms with Crippen LogP contribution >= 0.6 is 90.4 Å². The maximum atomic E-state index is 2.62. The van der Waals surface area contributed by atoms with E-state index in [2.05, 4.69) is 116 Å². The molecule has 0 N–H and O–H groups in total. The quantitative estimate of drug-likeness (QED) is 0.0983. The van der Waals surface area contributed by atoms with Crippen LogP contribution in [0.3, 0.4) is 0 Å². The first-order valence-corrected chi connectivity index (χ1v) is 17.6. The zero-order valence-corrected chi connectivity index (χ0v) is 29.5. The van der Waals surface area contributed by atoms with Crippen LogP contribution < -0.4 is 0 Å². The van der Waals surface area contributed by atoms with Gasteiger partial charge in [-0.2, -0.15) is 25.7 Å². The van der Waals surface area contributed by atoms with Crippen molar-refractivity contribution in [2.75, 3.05) is 0 Å². The maximum Gasteiger partial charge on any atom is 4.00 e. The van der Waals surface area contributed by atoms with Gasteiger partial charge in [0.25, 0.3) is 0 Å². The van der Waals surface area contributed by atoms with Gasteiger partial charge in [0.15, 0.2) is 0 Å². The third-order valence-corrected chi connectivity index (χ3v) is 15.3. The Kier molecular flexibility index (Phi) is 10.6. The summed E-state index contributed by atoms with van der Waals surface area (Å²) in [6.07, 6.45) is 33.4. The van der Waals surface area contributed by atoms with Gasteiger partial charge in [-0.1, -0.05) is 101 Å². The Morgan fingerprint density at radius 2 is 0.636 bits per heavy atom. The summed E-state index contributed by atoms with van der Waals surface area (Å²) in [4.78, 5) is 0. The largest absolute Gasteiger partial charge is 4.00 e. The molecule has 8 aliphatic carbocycles. The number of hydrogen-bond acceptors (Lipinski definition) is 0. The van der Waals surface area contributed by atoms with Crippen molar-refractivity contribution in [2.24, 2.45) is 23.7 Å². The first-order valence-electron chi connectivity index (χ1n) is 13.3. The molecule has 8 unspecified atom stereocenters. The Morgan fingerprint density at radius 3 is 0.667 bits per heavy atom. The first-order chi connectivity index (χ1) is 15.1. The second kappa shape index (κ2) is 11.9. The first kappa shape index (κ1) is 29.4. The Balaban J connectivity index is 0.000000104. The van der Waals surface area contributed by atoms with Gasteiger partial charge in [0, 0.05) is 0 Å². The van der Waals surface area contributed by atoms with Gasteiger partial charge in [-0.15, -0.1) is 104 Å². The smallest absolute Gasteiger partial charge is 0.313 e. The number of rotatable bonds is 0. The second-order valence-electron chi connectivity index (χ2n) is 12.3. The molecule has 0 spiro atoms. The van der Waals surface area contributed by atoms with Crippen LogP contribution in [0.25, 0.3) is 0 Å². The van der Waals surface area contributed by atoms with Crippen LogP contribution in [0.5, 0.6) is 0 Å². The number of alkyl halides is 4. The van der Waals surface area contributed by atoms with Crippen LogP contribution in [-0.4, -0.2) is 13.7 Å². The predicted octanol–water partition coefficient (Wildman–Crippen LogP) is 10.3. The van der Waals surface area contributed by atoms with Gasteiger partial charge in [0.2, 0.25) is 0 Å². The van der Waals surface area contributed by atoms with Crippen LogP contribution in [0.1, 0.15) is 103 Å². The molecule has 188 valence electrons. The van der Waals surface area contributed by atoms with E-state index in [1.165, 1.54) is 103 Å². The number of fused-ring (bicyclic) bond motifs is 8. The van der Waals surface area contributed by atoms with E-state index in [1.54, 1.807) is 0 Å². The zero-order chi connectivity index (χ0) is 22.5. The van der Waals surface area contributed by atoms with E-state index in [1.807, 2.05) is 0 Å². The molecule has 33 heavy (non-hydrogen) atoms. The van der Waals surface area contributed by atoms with Crippen molar-refractivity contribution in [3.63, 3.8) is 0 Å². The van der Waals surface area contributed by atoms with Gasteiger partial charge < -0.3 is 25.7 Å². The van der Waals surface area contributed by atoms with Crippen molar-refractivity contribution in [2.45, 2.75) is 116 Å². The van der Waals surface area contributed by atoms with Crippen molar-refractivity contribution >= 4 is 90.4 Å². The monoisotopic (exact) mass is 940 g/mol. The summed E-state index contributed by atoms with van der Waals surface area (Å²) in [5.74, 6) is 4.30. The van der Waals surface area contributed by atoms with E-state index >= 15 is 0 Å². The van der Waals surface area contributed by atoms with Gasteiger partial charge in [-0.25, -0.2) is 0 Å². The molecule has 0 aromatic heterocycles. The topological polar surface area (TPSA) is 0 Å². The van der Waals surface area contributed by atoms with Crippen molar-refractivity contribution in [1.29, 1.82) is 0 Å². The molecular weight excluding hydrogens is 900 g/mol. The Bertz CT molecular complexity index is 522. The summed E-state index contributed by atoms with van der Waals surface area (Å²) in [6, 6.07) is 0. The van der Waals surface area contributed by atoms with Gasteiger partial charge in [-0.3, -0.25) is 0 Å². The minimum Gasteiger partial charge on any atom is -0.313 e. The zero-order valence-electron chi connectivity index (χ0n) is 19.8. The molecule has 8 rings (SSSR count). The molecular formula is C28H40FeI4. The van der Waals surface area contributed by atoms with Gasteiger partial charge in [0.05, 0.1) is 0 Å². The molecule has 8 saturated carbocycles. The molecule has 0 amide bonds. The van der Waals surface area contributed by atoms with Crippen LogP contribution in [-0.2, 0) is 17.1 Å². The van der Waals surface area contributed by atoms with Crippen LogP contribution in [0.15, 0.2) is 0 Å². The van der Waals surface area contributed by atoms with E-state index in [9.17, 15) is 0 Å². The van der Waals surface area contributed by atoms with Gasteiger partial charge in [0.1, 0.15) is 0 Å². The maximum absolute atomic E-state index is 2.62. The summed E-state index contributed by atoms with van der Waals surface area (Å²) in [5, 5.41) is 0. The number of halogens is 4. The van der Waals surface area contributed by atoms with Crippen molar-refractivity contribution in [1.82, 2.24) is 0 Å². The summed E-state index contributed by atoms with van der Waals surface area (Å²) in [5.41, 5.74) is 0. The molecule has 8 aliphatic rings. The number of hydrogen-bond donors (Lipinski definition) is 0. The standard InChI is InChI=1S/4C7H10I.Fe/c4*8-7-3-1-6(5-7)2-4-7;/h4*3,6H,1-2,4-5H2;/q4*-1;+4. The summed E-state index contributed by atoms with van der Waals surface area (Å²) >= 11 is 10.5. The van der Waals surface area contributed by atoms with Crippen molar-refractivity contribution < 1.29 is 17.1 Å². The Hall–Kier alpha value is 3.44. The average Bonchev–Trinajstić information content (AvgIpc) is 3.59. The SMILES string of the molecule is IC12[CH-]CC(CC1)C2.IC12[CH-]CC(CC1)C2.IC12[CH-]CC(CC1)C2.IC12[CH-]CC(CC1)C2.[Fe+4]. The van der Waals surface area contributed by atoms with Crippen molar-refractivity contribution in [3.8, 4) is 0 Å². The average molecular weight is 940 g/mol. The fourth-order valence-electron chi connectivity index (χ4n) is 7.57. The molecule has 0 heterocycles. The molecule has 8 atom stereocenters. The minimum absolute atomic E-state index is 0. The summed E-state index contributed by atoms with van der Waals surface area (Å²) in [7, 11) is 0. The van der Waals surface area contributed by atoms with Gasteiger partial charge in [-0.05, 0) is 0 Å². The van der Waals surface area contributed by atoms with E-state index < -0.39 is 0 Å². The molecule has 8 bridgehead atoms. The van der Waals surface area contributed by atoms with Crippen LogP contribution in [0, 0.1) is 49.4 Å². The fourth-order valence-corrected chi connectivity index (χ4v) is 12.3.